The molecule has 1 aliphatic rings. The highest BCUT2D eigenvalue weighted by Crippen LogP contribution is 2.58. The Balaban J connectivity index is 2.18. The third-order valence-corrected chi connectivity index (χ3v) is 4.51. The van der Waals surface area contributed by atoms with Crippen molar-refractivity contribution < 1.29 is 19.1 Å². The van der Waals surface area contributed by atoms with Crippen LogP contribution in [-0.2, 0) is 9.59 Å². The summed E-state index contributed by atoms with van der Waals surface area (Å²) in [6, 6.07) is 2.79. The lowest BCUT2D eigenvalue weighted by atomic mass is 10.1. The molecule has 1 fully saturated rings. The summed E-state index contributed by atoms with van der Waals surface area (Å²) in [5.74, 6) is -2.96. The summed E-state index contributed by atoms with van der Waals surface area (Å²) in [6.07, 6.45) is 0. The Hall–Kier alpha value is -1.43. The van der Waals surface area contributed by atoms with Crippen LogP contribution < -0.4 is 5.32 Å². The van der Waals surface area contributed by atoms with Crippen LogP contribution in [0.3, 0.4) is 0 Å². The van der Waals surface area contributed by atoms with E-state index in [1.54, 1.807) is 20.8 Å². The number of anilines is 1. The minimum Gasteiger partial charge on any atom is -0.481 e. The molecule has 108 valence electrons. The van der Waals surface area contributed by atoms with Crippen LogP contribution in [0.5, 0.6) is 0 Å². The van der Waals surface area contributed by atoms with Crippen LogP contribution in [0.4, 0.5) is 10.1 Å². The summed E-state index contributed by atoms with van der Waals surface area (Å²) in [5.41, 5.74) is 0.514. The summed E-state index contributed by atoms with van der Waals surface area (Å²) in [4.78, 5) is 23.2. The van der Waals surface area contributed by atoms with Gasteiger partial charge < -0.3 is 10.4 Å². The summed E-state index contributed by atoms with van der Waals surface area (Å²) in [5, 5.41) is 11.8. The topological polar surface area (TPSA) is 66.4 Å². The van der Waals surface area contributed by atoms with Gasteiger partial charge in [-0.3, -0.25) is 9.59 Å². The van der Waals surface area contributed by atoms with Gasteiger partial charge in [0, 0.05) is 5.69 Å². The third-order valence-electron chi connectivity index (χ3n) is 3.90. The molecule has 0 radical (unpaired) electrons. The number of amides is 1. The number of rotatable bonds is 3. The zero-order valence-corrected chi connectivity index (χ0v) is 12.9. The summed E-state index contributed by atoms with van der Waals surface area (Å²) >= 11 is 3.06. The van der Waals surface area contributed by atoms with Gasteiger partial charge in [0.15, 0.2) is 0 Å². The van der Waals surface area contributed by atoms with Gasteiger partial charge in [-0.1, -0.05) is 13.8 Å². The molecule has 1 aromatic rings. The molecule has 2 rings (SSSR count). The molecule has 1 saturated carbocycles. The van der Waals surface area contributed by atoms with Crippen molar-refractivity contribution in [3.63, 3.8) is 0 Å². The Morgan fingerprint density at radius 2 is 1.95 bits per heavy atom. The molecule has 1 amide bonds. The van der Waals surface area contributed by atoms with Crippen molar-refractivity contribution >= 4 is 33.5 Å². The SMILES string of the molecule is Cc1cc(F)c(Br)cc1NC(=O)C1C(C(=O)O)C1(C)C. The van der Waals surface area contributed by atoms with Crippen molar-refractivity contribution in [1.29, 1.82) is 0 Å². The first kappa shape index (κ1) is 15.0. The number of carbonyl (C=O) groups excluding carboxylic acids is 1. The molecule has 1 aromatic carbocycles. The molecule has 0 spiro atoms. The number of aryl methyl sites for hydroxylation is 1. The van der Waals surface area contributed by atoms with Gasteiger partial charge in [0.05, 0.1) is 16.3 Å². The van der Waals surface area contributed by atoms with E-state index in [0.29, 0.717) is 11.3 Å². The van der Waals surface area contributed by atoms with E-state index in [1.807, 2.05) is 0 Å². The lowest BCUT2D eigenvalue weighted by Crippen LogP contribution is -2.18. The quantitative estimate of drug-likeness (QED) is 0.885. The molecule has 1 aliphatic carbocycles. The highest BCUT2D eigenvalue weighted by atomic mass is 79.9. The molecule has 2 unspecified atom stereocenters. The molecule has 2 atom stereocenters. The number of hydrogen-bond donors (Lipinski definition) is 2. The maximum atomic E-state index is 13.3. The fourth-order valence-corrected chi connectivity index (χ4v) is 2.92. The molecule has 0 saturated heterocycles. The summed E-state index contributed by atoms with van der Waals surface area (Å²) in [6.45, 7) is 5.19. The first-order valence-corrected chi connectivity index (χ1v) is 6.95. The summed E-state index contributed by atoms with van der Waals surface area (Å²) in [7, 11) is 0. The van der Waals surface area contributed by atoms with E-state index in [4.69, 9.17) is 5.11 Å². The molecular formula is C14H15BrFNO3. The van der Waals surface area contributed by atoms with Crippen molar-refractivity contribution in [1.82, 2.24) is 0 Å². The molecule has 0 heterocycles. The third kappa shape index (κ3) is 2.44. The van der Waals surface area contributed by atoms with E-state index in [1.165, 1.54) is 12.1 Å². The average Bonchev–Trinajstić information content (AvgIpc) is 2.89. The maximum absolute atomic E-state index is 13.3. The van der Waals surface area contributed by atoms with Crippen LogP contribution in [0, 0.1) is 30.0 Å². The van der Waals surface area contributed by atoms with Crippen molar-refractivity contribution in [2.75, 3.05) is 5.32 Å². The van der Waals surface area contributed by atoms with Crippen molar-refractivity contribution in [3.05, 3.63) is 28.0 Å². The van der Waals surface area contributed by atoms with E-state index < -0.39 is 29.0 Å². The number of aliphatic carboxylic acids is 1. The number of benzene rings is 1. The van der Waals surface area contributed by atoms with E-state index in [2.05, 4.69) is 21.2 Å². The zero-order valence-electron chi connectivity index (χ0n) is 11.3. The number of hydrogen-bond acceptors (Lipinski definition) is 2. The Labute approximate surface area is 124 Å². The van der Waals surface area contributed by atoms with Gasteiger partial charge in [-0.2, -0.15) is 0 Å². The Morgan fingerprint density at radius 3 is 2.45 bits per heavy atom. The zero-order chi connectivity index (χ0) is 15.2. The number of carboxylic acid groups (broad SMARTS) is 1. The maximum Gasteiger partial charge on any atom is 0.307 e. The minimum absolute atomic E-state index is 0.253. The normalized spacial score (nSPS) is 23.2. The highest BCUT2D eigenvalue weighted by Gasteiger charge is 2.65. The molecule has 20 heavy (non-hydrogen) atoms. The lowest BCUT2D eigenvalue weighted by molar-refractivity contribution is -0.140. The van der Waals surface area contributed by atoms with Crippen LogP contribution in [0.1, 0.15) is 19.4 Å². The fourth-order valence-electron chi connectivity index (χ4n) is 2.58. The monoisotopic (exact) mass is 343 g/mol. The average molecular weight is 344 g/mol. The van der Waals surface area contributed by atoms with Crippen LogP contribution in [0.25, 0.3) is 0 Å². The number of halogens is 2. The van der Waals surface area contributed by atoms with Crippen LogP contribution in [0.2, 0.25) is 0 Å². The van der Waals surface area contributed by atoms with Gasteiger partial charge in [-0.15, -0.1) is 0 Å². The largest absolute Gasteiger partial charge is 0.481 e. The fraction of sp³-hybridized carbons (Fsp3) is 0.429. The van der Waals surface area contributed by atoms with E-state index in [-0.39, 0.29) is 10.4 Å². The van der Waals surface area contributed by atoms with Crippen molar-refractivity contribution in [2.24, 2.45) is 17.3 Å². The standard InChI is InChI=1S/C14H15BrFNO3/c1-6-4-8(16)7(15)5-9(6)17-12(18)10-11(13(19)20)14(10,2)3/h4-5,10-11H,1-3H3,(H,17,18)(H,19,20). The molecular weight excluding hydrogens is 329 g/mol. The molecule has 0 aromatic heterocycles. The number of carbonyl (C=O) groups is 2. The molecule has 2 N–H and O–H groups in total. The first-order chi connectivity index (χ1) is 9.16. The van der Waals surface area contributed by atoms with E-state index in [9.17, 15) is 14.0 Å². The van der Waals surface area contributed by atoms with Crippen LogP contribution in [-0.4, -0.2) is 17.0 Å². The second-order valence-electron chi connectivity index (χ2n) is 5.69. The van der Waals surface area contributed by atoms with Gasteiger partial charge in [0.1, 0.15) is 5.82 Å². The predicted octanol–water partition coefficient (Wildman–Crippen LogP) is 3.19. The van der Waals surface area contributed by atoms with Gasteiger partial charge in [0.25, 0.3) is 0 Å². The second-order valence-corrected chi connectivity index (χ2v) is 6.54. The van der Waals surface area contributed by atoms with E-state index in [0.717, 1.165) is 0 Å². The van der Waals surface area contributed by atoms with E-state index >= 15 is 0 Å². The van der Waals surface area contributed by atoms with Gasteiger partial charge in [0.2, 0.25) is 5.91 Å². The highest BCUT2D eigenvalue weighted by molar-refractivity contribution is 9.10. The Morgan fingerprint density at radius 1 is 1.35 bits per heavy atom. The van der Waals surface area contributed by atoms with Crippen LogP contribution >= 0.6 is 15.9 Å². The number of carboxylic acids is 1. The molecule has 4 nitrogen and oxygen atoms in total. The number of nitrogens with one attached hydrogen (secondary N) is 1. The Bertz CT molecular complexity index is 600. The Kier molecular flexibility index (Phi) is 3.62. The van der Waals surface area contributed by atoms with Crippen molar-refractivity contribution in [2.45, 2.75) is 20.8 Å². The van der Waals surface area contributed by atoms with Gasteiger partial charge in [-0.25, -0.2) is 4.39 Å². The van der Waals surface area contributed by atoms with Crippen molar-refractivity contribution in [3.8, 4) is 0 Å². The second kappa shape index (κ2) is 4.84. The van der Waals surface area contributed by atoms with Gasteiger partial charge in [-0.05, 0) is 46.0 Å². The molecule has 0 bridgehead atoms. The minimum atomic E-state index is -0.966. The van der Waals surface area contributed by atoms with Crippen LogP contribution in [0.15, 0.2) is 16.6 Å². The smallest absolute Gasteiger partial charge is 0.307 e. The summed E-state index contributed by atoms with van der Waals surface area (Å²) < 4.78 is 13.6. The molecule has 0 aliphatic heterocycles. The van der Waals surface area contributed by atoms with Gasteiger partial charge >= 0.3 is 5.97 Å². The first-order valence-electron chi connectivity index (χ1n) is 6.15. The lowest BCUT2D eigenvalue weighted by Gasteiger charge is -2.10. The molecule has 6 heteroatoms. The predicted molar refractivity (Wildman–Crippen MR) is 75.9 cm³/mol.